The zero-order valence-corrected chi connectivity index (χ0v) is 24.4. The molecule has 0 spiro atoms. The maximum absolute atomic E-state index is 13.4. The minimum Gasteiger partial charge on any atom is -0.349 e. The smallest absolute Gasteiger partial charge is 0.349 e. The van der Waals surface area contributed by atoms with Crippen molar-refractivity contribution in [2.45, 2.75) is 91.0 Å². The first kappa shape index (κ1) is 31.6. The zero-order chi connectivity index (χ0) is 29.7. The summed E-state index contributed by atoms with van der Waals surface area (Å²) in [6.45, 7) is 14.8. The first-order chi connectivity index (χ1) is 18.7. The van der Waals surface area contributed by atoms with Crippen molar-refractivity contribution in [2.75, 3.05) is 6.54 Å². The lowest BCUT2D eigenvalue weighted by molar-refractivity contribution is -0.137. The number of hydrogen-bond acceptors (Lipinski definition) is 3. The number of carbonyl (C=O) groups is 1. The molecule has 0 aliphatic heterocycles. The summed E-state index contributed by atoms with van der Waals surface area (Å²) in [6.07, 6.45) is 2.12. The minimum atomic E-state index is -4.45. The third kappa shape index (κ3) is 8.29. The Morgan fingerprint density at radius 1 is 1.05 bits per heavy atom. The summed E-state index contributed by atoms with van der Waals surface area (Å²) in [5.41, 5.74) is 1.52. The van der Waals surface area contributed by atoms with Gasteiger partial charge in [-0.3, -0.25) is 9.69 Å². The van der Waals surface area contributed by atoms with Crippen LogP contribution in [0.3, 0.4) is 0 Å². The van der Waals surface area contributed by atoms with Gasteiger partial charge in [0.2, 0.25) is 0 Å². The molecule has 3 rings (SSSR count). The fraction of sp³-hybridized carbons (Fsp3) is 0.515. The van der Waals surface area contributed by atoms with E-state index in [-0.39, 0.29) is 47.3 Å². The van der Waals surface area contributed by atoms with Crippen molar-refractivity contribution in [3.8, 4) is 0 Å². The highest BCUT2D eigenvalue weighted by molar-refractivity contribution is 6.00. The van der Waals surface area contributed by atoms with Crippen LogP contribution in [0.5, 0.6) is 0 Å². The molecule has 7 heteroatoms. The van der Waals surface area contributed by atoms with Crippen LogP contribution < -0.4 is 5.32 Å². The van der Waals surface area contributed by atoms with Gasteiger partial charge in [-0.1, -0.05) is 51.1 Å². The Morgan fingerprint density at radius 3 is 2.23 bits per heavy atom. The van der Waals surface area contributed by atoms with E-state index in [9.17, 15) is 18.0 Å². The van der Waals surface area contributed by atoms with E-state index in [0.29, 0.717) is 17.9 Å². The molecular weight excluding hydrogens is 511 g/mol. The summed E-state index contributed by atoms with van der Waals surface area (Å²) >= 11 is 0. The highest BCUT2D eigenvalue weighted by Gasteiger charge is 2.35. The topological polar surface area (TPSA) is 56.2 Å². The van der Waals surface area contributed by atoms with Gasteiger partial charge in [-0.15, -0.1) is 6.58 Å². The van der Waals surface area contributed by atoms with E-state index < -0.39 is 11.7 Å². The number of amides is 1. The van der Waals surface area contributed by atoms with E-state index in [2.05, 4.69) is 44.5 Å². The molecule has 1 fully saturated rings. The van der Waals surface area contributed by atoms with Crippen molar-refractivity contribution in [3.63, 3.8) is 0 Å². The molecule has 1 amide bonds. The highest BCUT2D eigenvalue weighted by atomic mass is 19.4. The quantitative estimate of drug-likeness (QED) is 0.228. The van der Waals surface area contributed by atoms with Crippen LogP contribution >= 0.6 is 0 Å². The van der Waals surface area contributed by atoms with Crippen LogP contribution in [0.2, 0.25) is 0 Å². The molecule has 0 bridgehead atoms. The van der Waals surface area contributed by atoms with Crippen molar-refractivity contribution in [1.29, 1.82) is 5.41 Å². The zero-order valence-electron chi connectivity index (χ0n) is 24.4. The van der Waals surface area contributed by atoms with E-state index in [1.54, 1.807) is 12.1 Å². The van der Waals surface area contributed by atoms with Crippen molar-refractivity contribution in [1.82, 2.24) is 10.2 Å². The Labute approximate surface area is 237 Å². The van der Waals surface area contributed by atoms with Gasteiger partial charge in [-0.05, 0) is 92.7 Å². The molecule has 1 aliphatic rings. The van der Waals surface area contributed by atoms with Gasteiger partial charge in [0.25, 0.3) is 5.91 Å². The van der Waals surface area contributed by atoms with Gasteiger partial charge in [0, 0.05) is 30.2 Å². The number of hydrogen-bond donors (Lipinski definition) is 2. The minimum absolute atomic E-state index is 0.0100. The Bertz CT molecular complexity index is 1160. The number of benzene rings is 2. The number of nitrogens with one attached hydrogen (secondary N) is 2. The molecule has 1 saturated carbocycles. The Kier molecular flexibility index (Phi) is 10.4. The normalized spacial score (nSPS) is 19.6. The van der Waals surface area contributed by atoms with Crippen LogP contribution in [-0.2, 0) is 6.18 Å². The van der Waals surface area contributed by atoms with Gasteiger partial charge < -0.3 is 10.7 Å². The second kappa shape index (κ2) is 13.2. The first-order valence-electron chi connectivity index (χ1n) is 14.2. The van der Waals surface area contributed by atoms with Crippen LogP contribution in [0.15, 0.2) is 61.2 Å². The number of alkyl halides is 3. The number of halogens is 3. The van der Waals surface area contributed by atoms with Crippen LogP contribution in [0.1, 0.15) is 99.8 Å². The summed E-state index contributed by atoms with van der Waals surface area (Å²) in [5, 5.41) is 11.8. The molecule has 0 heterocycles. The number of rotatable bonds is 10. The average molecular weight is 556 g/mol. The average Bonchev–Trinajstić information content (AvgIpc) is 2.90. The van der Waals surface area contributed by atoms with Crippen molar-refractivity contribution in [2.24, 2.45) is 11.3 Å². The van der Waals surface area contributed by atoms with Gasteiger partial charge in [0.05, 0.1) is 11.3 Å². The molecule has 0 aromatic heterocycles. The Morgan fingerprint density at radius 2 is 1.68 bits per heavy atom. The Hall–Kier alpha value is -2.93. The molecule has 218 valence electrons. The molecule has 2 unspecified atom stereocenters. The van der Waals surface area contributed by atoms with Crippen LogP contribution in [-0.4, -0.2) is 35.1 Å². The van der Waals surface area contributed by atoms with Crippen molar-refractivity contribution in [3.05, 3.63) is 83.4 Å². The predicted molar refractivity (Wildman–Crippen MR) is 157 cm³/mol. The standard InChI is InChI=1S/C33H44F3N3O/c1-7-9-22(2)38-31(40)25-14-12-24(13-15-25)23(3)39(29-18-16-27(17-19-29)32(4,5)6)21-30(37)26-10-8-11-28(20-26)33(34,35)36/h7-8,10-15,20,22-23,27,29,37H,1,9,16-19,21H2,2-6H3,(H,38,40). The lowest BCUT2D eigenvalue weighted by atomic mass is 9.71. The third-order valence-corrected chi connectivity index (χ3v) is 8.32. The molecular formula is C33H44F3N3O. The van der Waals surface area contributed by atoms with Gasteiger partial charge in [0.15, 0.2) is 0 Å². The van der Waals surface area contributed by atoms with Crippen molar-refractivity contribution >= 4 is 11.6 Å². The SMILES string of the molecule is C=CCC(C)NC(=O)c1ccc(C(C)N(CC(=N)c2cccc(C(F)(F)F)c2)C2CCC(C(C)(C)C)CC2)cc1. The van der Waals surface area contributed by atoms with E-state index >= 15 is 0 Å². The maximum Gasteiger partial charge on any atom is 0.416 e. The molecule has 2 N–H and O–H groups in total. The predicted octanol–water partition coefficient (Wildman–Crippen LogP) is 8.44. The maximum atomic E-state index is 13.4. The van der Waals surface area contributed by atoms with Gasteiger partial charge in [-0.25, -0.2) is 0 Å². The summed E-state index contributed by atoms with van der Waals surface area (Å²) in [4.78, 5) is 14.9. The molecule has 2 aromatic carbocycles. The molecule has 1 aliphatic carbocycles. The van der Waals surface area contributed by atoms with Gasteiger partial charge >= 0.3 is 6.18 Å². The second-order valence-corrected chi connectivity index (χ2v) is 12.3. The summed E-state index contributed by atoms with van der Waals surface area (Å²) in [6, 6.07) is 12.7. The van der Waals surface area contributed by atoms with E-state index in [1.807, 2.05) is 31.2 Å². The lowest BCUT2D eigenvalue weighted by Gasteiger charge is -2.43. The molecule has 0 radical (unpaired) electrons. The molecule has 2 atom stereocenters. The lowest BCUT2D eigenvalue weighted by Crippen LogP contribution is -2.44. The Balaban J connectivity index is 1.83. The van der Waals surface area contributed by atoms with Crippen LogP contribution in [0.25, 0.3) is 0 Å². The van der Waals surface area contributed by atoms with E-state index in [0.717, 1.165) is 43.4 Å². The summed E-state index contributed by atoms with van der Waals surface area (Å²) in [7, 11) is 0. The van der Waals surface area contributed by atoms with Gasteiger partial charge in [-0.2, -0.15) is 13.2 Å². The van der Waals surface area contributed by atoms with E-state index in [4.69, 9.17) is 5.41 Å². The molecule has 40 heavy (non-hydrogen) atoms. The monoisotopic (exact) mass is 555 g/mol. The molecule has 4 nitrogen and oxygen atoms in total. The fourth-order valence-electron chi connectivity index (χ4n) is 5.73. The number of nitrogens with zero attached hydrogens (tertiary/aromatic N) is 1. The van der Waals surface area contributed by atoms with E-state index in [1.165, 1.54) is 6.07 Å². The molecule has 0 saturated heterocycles. The summed E-state index contributed by atoms with van der Waals surface area (Å²) in [5.74, 6) is 0.474. The summed E-state index contributed by atoms with van der Waals surface area (Å²) < 4.78 is 40.1. The number of carbonyl (C=O) groups excluding carboxylic acids is 1. The first-order valence-corrected chi connectivity index (χ1v) is 14.2. The largest absolute Gasteiger partial charge is 0.416 e. The highest BCUT2D eigenvalue weighted by Crippen LogP contribution is 2.40. The molecule has 2 aromatic rings. The van der Waals surface area contributed by atoms with Crippen LogP contribution in [0, 0.1) is 16.7 Å². The third-order valence-electron chi connectivity index (χ3n) is 8.32. The fourth-order valence-corrected chi connectivity index (χ4v) is 5.73. The van der Waals surface area contributed by atoms with Gasteiger partial charge in [0.1, 0.15) is 0 Å². The van der Waals surface area contributed by atoms with Crippen molar-refractivity contribution < 1.29 is 18.0 Å². The second-order valence-electron chi connectivity index (χ2n) is 12.3. The van der Waals surface area contributed by atoms with Crippen LogP contribution in [0.4, 0.5) is 13.2 Å².